The van der Waals surface area contributed by atoms with Gasteiger partial charge in [-0.15, -0.1) is 11.8 Å². The number of carbonyl (C=O) groups is 1. The molecule has 0 atom stereocenters. The molecule has 0 aliphatic rings. The van der Waals surface area contributed by atoms with E-state index >= 15 is 0 Å². The van der Waals surface area contributed by atoms with Crippen LogP contribution in [0.2, 0.25) is 0 Å². The summed E-state index contributed by atoms with van der Waals surface area (Å²) in [5.41, 5.74) is 0.748. The SMILES string of the molecule is CCCCC(C)(CCCC)CSc1cc(OC)c(F)cc1NC=O. The van der Waals surface area contributed by atoms with E-state index in [2.05, 4.69) is 26.1 Å². The lowest BCUT2D eigenvalue weighted by Gasteiger charge is -2.29. The fourth-order valence-electron chi connectivity index (χ4n) is 2.72. The molecule has 1 N–H and O–H groups in total. The van der Waals surface area contributed by atoms with E-state index in [4.69, 9.17) is 4.74 Å². The molecule has 0 fully saturated rings. The van der Waals surface area contributed by atoms with Gasteiger partial charge >= 0.3 is 0 Å². The number of amides is 1. The predicted molar refractivity (Wildman–Crippen MR) is 101 cm³/mol. The number of hydrogen-bond acceptors (Lipinski definition) is 3. The minimum Gasteiger partial charge on any atom is -0.494 e. The Hall–Kier alpha value is -1.23. The summed E-state index contributed by atoms with van der Waals surface area (Å²) in [6, 6.07) is 3.00. The number of anilines is 1. The third kappa shape index (κ3) is 6.34. The maximum atomic E-state index is 13.9. The highest BCUT2D eigenvalue weighted by atomic mass is 32.2. The Balaban J connectivity index is 2.93. The summed E-state index contributed by atoms with van der Waals surface area (Å²) in [6.07, 6.45) is 7.76. The molecule has 1 aromatic carbocycles. The molecule has 24 heavy (non-hydrogen) atoms. The molecule has 0 unspecified atom stereocenters. The highest BCUT2D eigenvalue weighted by Crippen LogP contribution is 2.40. The van der Waals surface area contributed by atoms with E-state index in [1.54, 1.807) is 17.8 Å². The van der Waals surface area contributed by atoms with Crippen LogP contribution in [0.4, 0.5) is 10.1 Å². The van der Waals surface area contributed by atoms with Crippen molar-refractivity contribution in [3.8, 4) is 5.75 Å². The van der Waals surface area contributed by atoms with E-state index in [1.165, 1.54) is 51.7 Å². The van der Waals surface area contributed by atoms with Gasteiger partial charge < -0.3 is 10.1 Å². The van der Waals surface area contributed by atoms with Crippen molar-refractivity contribution in [3.05, 3.63) is 17.9 Å². The van der Waals surface area contributed by atoms with Crippen LogP contribution in [0.3, 0.4) is 0 Å². The van der Waals surface area contributed by atoms with Crippen molar-refractivity contribution in [2.24, 2.45) is 5.41 Å². The first-order valence-electron chi connectivity index (χ1n) is 8.70. The van der Waals surface area contributed by atoms with Gasteiger partial charge in [-0.2, -0.15) is 0 Å². The monoisotopic (exact) mass is 355 g/mol. The molecule has 0 radical (unpaired) electrons. The highest BCUT2D eigenvalue weighted by Gasteiger charge is 2.24. The molecule has 0 bridgehead atoms. The Morgan fingerprint density at radius 1 is 1.25 bits per heavy atom. The molecule has 1 amide bonds. The second kappa shape index (κ2) is 10.6. The van der Waals surface area contributed by atoms with Crippen molar-refractivity contribution in [3.63, 3.8) is 0 Å². The number of benzene rings is 1. The van der Waals surface area contributed by atoms with Crippen LogP contribution >= 0.6 is 11.8 Å². The van der Waals surface area contributed by atoms with Crippen LogP contribution in [0.25, 0.3) is 0 Å². The average Bonchev–Trinajstić information content (AvgIpc) is 2.58. The maximum absolute atomic E-state index is 13.9. The topological polar surface area (TPSA) is 38.3 Å². The van der Waals surface area contributed by atoms with Gasteiger partial charge in [0, 0.05) is 16.7 Å². The van der Waals surface area contributed by atoms with Gasteiger partial charge in [0.2, 0.25) is 6.41 Å². The van der Waals surface area contributed by atoms with Gasteiger partial charge in [0.1, 0.15) is 0 Å². The first kappa shape index (κ1) is 20.8. The van der Waals surface area contributed by atoms with E-state index in [0.29, 0.717) is 12.1 Å². The van der Waals surface area contributed by atoms with E-state index in [-0.39, 0.29) is 11.2 Å². The number of ether oxygens (including phenoxy) is 1. The summed E-state index contributed by atoms with van der Waals surface area (Å²) in [4.78, 5) is 11.6. The predicted octanol–water partition coefficient (Wildman–Crippen LogP) is 5.88. The average molecular weight is 356 g/mol. The Morgan fingerprint density at radius 3 is 2.38 bits per heavy atom. The standard InChI is InChI=1S/C19H30FNO2S/c1-5-7-9-19(3,10-8-6-2)13-24-18-12-17(23-4)15(20)11-16(18)21-14-22/h11-12,14H,5-10,13H2,1-4H3,(H,21,22). The lowest BCUT2D eigenvalue weighted by atomic mass is 9.82. The van der Waals surface area contributed by atoms with Crippen molar-refractivity contribution in [1.82, 2.24) is 0 Å². The Morgan fingerprint density at radius 2 is 1.88 bits per heavy atom. The lowest BCUT2D eigenvalue weighted by molar-refractivity contribution is -0.105. The molecule has 0 saturated carbocycles. The summed E-state index contributed by atoms with van der Waals surface area (Å²) in [5, 5.41) is 2.59. The minimum absolute atomic E-state index is 0.206. The molecular formula is C19H30FNO2S. The van der Waals surface area contributed by atoms with Crippen molar-refractivity contribution in [2.75, 3.05) is 18.2 Å². The second-order valence-electron chi connectivity index (χ2n) is 6.55. The molecule has 1 rings (SSSR count). The molecule has 5 heteroatoms. The van der Waals surface area contributed by atoms with Crippen molar-refractivity contribution in [2.45, 2.75) is 64.2 Å². The maximum Gasteiger partial charge on any atom is 0.211 e. The molecule has 0 heterocycles. The van der Waals surface area contributed by atoms with Gasteiger partial charge in [-0.3, -0.25) is 4.79 Å². The molecule has 0 aliphatic carbocycles. The van der Waals surface area contributed by atoms with Gasteiger partial charge in [0.25, 0.3) is 0 Å². The van der Waals surface area contributed by atoms with Crippen molar-refractivity contribution in [1.29, 1.82) is 0 Å². The highest BCUT2D eigenvalue weighted by molar-refractivity contribution is 7.99. The zero-order chi connectivity index (χ0) is 18.0. The minimum atomic E-state index is -0.467. The number of unbranched alkanes of at least 4 members (excludes halogenated alkanes) is 2. The number of hydrogen-bond donors (Lipinski definition) is 1. The van der Waals surface area contributed by atoms with E-state index < -0.39 is 5.82 Å². The Kier molecular flexibility index (Phi) is 9.19. The molecule has 0 saturated heterocycles. The molecular weight excluding hydrogens is 325 g/mol. The van der Waals surface area contributed by atoms with Crippen LogP contribution in [-0.2, 0) is 4.79 Å². The van der Waals surface area contributed by atoms with Gasteiger partial charge in [-0.1, -0.05) is 46.5 Å². The van der Waals surface area contributed by atoms with Crippen LogP contribution in [0.5, 0.6) is 5.75 Å². The van der Waals surface area contributed by atoms with E-state index in [1.807, 2.05) is 0 Å². The van der Waals surface area contributed by atoms with Crippen LogP contribution in [0.15, 0.2) is 17.0 Å². The van der Waals surface area contributed by atoms with Crippen LogP contribution in [-0.4, -0.2) is 19.3 Å². The van der Waals surface area contributed by atoms with E-state index in [9.17, 15) is 9.18 Å². The number of nitrogens with one attached hydrogen (secondary N) is 1. The zero-order valence-corrected chi connectivity index (χ0v) is 16.1. The van der Waals surface area contributed by atoms with Crippen molar-refractivity contribution >= 4 is 23.9 Å². The quantitative estimate of drug-likeness (QED) is 0.376. The third-order valence-corrected chi connectivity index (χ3v) is 5.80. The number of carbonyl (C=O) groups excluding carboxylic acids is 1. The normalized spacial score (nSPS) is 11.4. The number of rotatable bonds is 12. The third-order valence-electron chi connectivity index (χ3n) is 4.31. The van der Waals surface area contributed by atoms with Crippen LogP contribution in [0.1, 0.15) is 59.3 Å². The number of halogens is 1. The Labute approximate surface area is 149 Å². The van der Waals surface area contributed by atoms with Crippen LogP contribution in [0, 0.1) is 11.2 Å². The molecule has 0 spiro atoms. The molecule has 1 aromatic rings. The Bertz CT molecular complexity index is 514. The summed E-state index contributed by atoms with van der Waals surface area (Å²) in [5.74, 6) is 0.679. The fourth-order valence-corrected chi connectivity index (χ4v) is 3.97. The van der Waals surface area contributed by atoms with E-state index in [0.717, 1.165) is 10.6 Å². The first-order valence-corrected chi connectivity index (χ1v) is 9.68. The first-order chi connectivity index (χ1) is 11.5. The zero-order valence-electron chi connectivity index (χ0n) is 15.3. The molecule has 136 valence electrons. The lowest BCUT2D eigenvalue weighted by Crippen LogP contribution is -2.19. The smallest absolute Gasteiger partial charge is 0.211 e. The number of thioether (sulfide) groups is 1. The van der Waals surface area contributed by atoms with Gasteiger partial charge in [-0.05, 0) is 24.3 Å². The summed E-state index contributed by atoms with van der Waals surface area (Å²) in [7, 11) is 1.45. The van der Waals surface area contributed by atoms with Crippen LogP contribution < -0.4 is 10.1 Å². The fraction of sp³-hybridized carbons (Fsp3) is 0.632. The number of methoxy groups -OCH3 is 1. The molecule has 0 aliphatic heterocycles. The summed E-state index contributed by atoms with van der Waals surface area (Å²) in [6.45, 7) is 6.76. The summed E-state index contributed by atoms with van der Waals surface area (Å²) >= 11 is 1.67. The second-order valence-corrected chi connectivity index (χ2v) is 7.57. The van der Waals surface area contributed by atoms with Gasteiger partial charge in [0.15, 0.2) is 11.6 Å². The largest absolute Gasteiger partial charge is 0.494 e. The molecule has 3 nitrogen and oxygen atoms in total. The van der Waals surface area contributed by atoms with Crippen molar-refractivity contribution < 1.29 is 13.9 Å². The molecule has 0 aromatic heterocycles. The van der Waals surface area contributed by atoms with Gasteiger partial charge in [-0.25, -0.2) is 4.39 Å². The van der Waals surface area contributed by atoms with Gasteiger partial charge in [0.05, 0.1) is 12.8 Å². The summed E-state index contributed by atoms with van der Waals surface area (Å²) < 4.78 is 18.9.